The number of halogens is 1. The first-order valence-electron chi connectivity index (χ1n) is 8.61. The van der Waals surface area contributed by atoms with Crippen LogP contribution in [-0.4, -0.2) is 54.6 Å². The number of sulfonamides is 1. The summed E-state index contributed by atoms with van der Waals surface area (Å²) >= 11 is 9.30. The Labute approximate surface area is 172 Å². The first-order valence-corrected chi connectivity index (χ1v) is 13.0. The van der Waals surface area contributed by atoms with E-state index in [1.165, 1.54) is 21.9 Å². The average Bonchev–Trinajstić information content (AvgIpc) is 2.95. The van der Waals surface area contributed by atoms with Gasteiger partial charge in [-0.05, 0) is 37.3 Å². The van der Waals surface area contributed by atoms with Crippen LogP contribution in [0.5, 0.6) is 0 Å². The monoisotopic (exact) mass is 447 g/mol. The first-order chi connectivity index (χ1) is 12.8. The van der Waals surface area contributed by atoms with Crippen molar-refractivity contribution in [2.24, 2.45) is 10.9 Å². The molecule has 148 valence electrons. The van der Waals surface area contributed by atoms with Crippen molar-refractivity contribution in [2.45, 2.75) is 19.4 Å². The number of amides is 1. The zero-order chi connectivity index (χ0) is 19.6. The van der Waals surface area contributed by atoms with Crippen LogP contribution in [0.2, 0.25) is 5.02 Å². The third kappa shape index (κ3) is 4.95. The number of nitrogens with zero attached hydrogens (tertiary/aromatic N) is 3. The van der Waals surface area contributed by atoms with Crippen molar-refractivity contribution in [3.05, 3.63) is 28.0 Å². The standard InChI is InChI=1S/C17H22ClN3O3S3/c1-25-10-9-21-14-4-3-13(18)11-15(14)26-17(21)19-16(22)12-5-7-20(8-6-12)27(2,23)24/h3-4,11-12H,5-10H2,1-2H3. The number of piperidine rings is 1. The fourth-order valence-corrected chi connectivity index (χ4v) is 5.73. The zero-order valence-corrected chi connectivity index (χ0v) is 18.4. The molecule has 2 aromatic rings. The van der Waals surface area contributed by atoms with Gasteiger partial charge in [-0.25, -0.2) is 12.7 Å². The number of benzene rings is 1. The smallest absolute Gasteiger partial charge is 0.251 e. The Bertz CT molecular complexity index is 1010. The van der Waals surface area contributed by atoms with E-state index in [0.717, 1.165) is 22.5 Å². The van der Waals surface area contributed by atoms with Crippen LogP contribution in [0.4, 0.5) is 0 Å². The molecule has 0 spiro atoms. The SMILES string of the molecule is CSCCn1c(=NC(=O)C2CCN(S(C)(=O)=O)CC2)sc2cc(Cl)ccc21. The summed E-state index contributed by atoms with van der Waals surface area (Å²) in [6, 6.07) is 5.70. The van der Waals surface area contributed by atoms with E-state index in [-0.39, 0.29) is 11.8 Å². The molecule has 0 bridgehead atoms. The number of hydrogen-bond donors (Lipinski definition) is 0. The van der Waals surface area contributed by atoms with Crippen molar-refractivity contribution in [2.75, 3.05) is 31.4 Å². The van der Waals surface area contributed by atoms with Gasteiger partial charge in [0.1, 0.15) is 0 Å². The number of thiazole rings is 1. The minimum absolute atomic E-state index is 0.168. The first kappa shape index (κ1) is 20.9. The molecule has 6 nitrogen and oxygen atoms in total. The lowest BCUT2D eigenvalue weighted by Gasteiger charge is -2.28. The van der Waals surface area contributed by atoms with Crippen LogP contribution in [0, 0.1) is 5.92 Å². The molecule has 3 rings (SSSR count). The van der Waals surface area contributed by atoms with E-state index in [0.29, 0.717) is 35.8 Å². The summed E-state index contributed by atoms with van der Waals surface area (Å²) in [5.74, 6) is 0.521. The average molecular weight is 448 g/mol. The molecule has 1 aromatic heterocycles. The molecule has 0 saturated carbocycles. The van der Waals surface area contributed by atoms with Crippen LogP contribution < -0.4 is 4.80 Å². The van der Waals surface area contributed by atoms with Crippen LogP contribution in [0.3, 0.4) is 0 Å². The molecular formula is C17H22ClN3O3S3. The Kier molecular flexibility index (Phi) is 6.68. The number of thioether (sulfide) groups is 1. The van der Waals surface area contributed by atoms with Gasteiger partial charge in [0, 0.05) is 36.3 Å². The Balaban J connectivity index is 1.87. The van der Waals surface area contributed by atoms with E-state index >= 15 is 0 Å². The van der Waals surface area contributed by atoms with Gasteiger partial charge in [-0.3, -0.25) is 4.79 Å². The maximum atomic E-state index is 12.7. The highest BCUT2D eigenvalue weighted by molar-refractivity contribution is 7.98. The highest BCUT2D eigenvalue weighted by Gasteiger charge is 2.28. The van der Waals surface area contributed by atoms with Gasteiger partial charge in [-0.2, -0.15) is 16.8 Å². The molecule has 1 saturated heterocycles. The van der Waals surface area contributed by atoms with Crippen molar-refractivity contribution in [1.29, 1.82) is 0 Å². The molecule has 0 radical (unpaired) electrons. The van der Waals surface area contributed by atoms with Gasteiger partial charge in [0.2, 0.25) is 10.0 Å². The van der Waals surface area contributed by atoms with Crippen molar-refractivity contribution >= 4 is 60.8 Å². The lowest BCUT2D eigenvalue weighted by Crippen LogP contribution is -2.39. The van der Waals surface area contributed by atoms with Gasteiger partial charge in [0.25, 0.3) is 5.91 Å². The second-order valence-electron chi connectivity index (χ2n) is 6.53. The number of carbonyl (C=O) groups is 1. The molecule has 10 heteroatoms. The van der Waals surface area contributed by atoms with Crippen molar-refractivity contribution in [3.63, 3.8) is 0 Å². The predicted molar refractivity (Wildman–Crippen MR) is 113 cm³/mol. The fraction of sp³-hybridized carbons (Fsp3) is 0.529. The summed E-state index contributed by atoms with van der Waals surface area (Å²) in [7, 11) is -3.20. The summed E-state index contributed by atoms with van der Waals surface area (Å²) < 4.78 is 27.8. The van der Waals surface area contributed by atoms with Gasteiger partial charge >= 0.3 is 0 Å². The van der Waals surface area contributed by atoms with Gasteiger partial charge < -0.3 is 4.57 Å². The van der Waals surface area contributed by atoms with Crippen LogP contribution in [0.15, 0.2) is 23.2 Å². The van der Waals surface area contributed by atoms with Crippen LogP contribution in [0.25, 0.3) is 10.2 Å². The van der Waals surface area contributed by atoms with Gasteiger partial charge in [-0.15, -0.1) is 0 Å². The Morgan fingerprint density at radius 3 is 2.70 bits per heavy atom. The van der Waals surface area contributed by atoms with E-state index in [2.05, 4.69) is 9.56 Å². The molecule has 27 heavy (non-hydrogen) atoms. The minimum atomic E-state index is -3.20. The van der Waals surface area contributed by atoms with Gasteiger partial charge in [-0.1, -0.05) is 22.9 Å². The zero-order valence-electron chi connectivity index (χ0n) is 15.2. The lowest BCUT2D eigenvalue weighted by molar-refractivity contribution is -0.122. The minimum Gasteiger partial charge on any atom is -0.316 e. The molecule has 1 amide bonds. The highest BCUT2D eigenvalue weighted by atomic mass is 35.5. The molecule has 0 aliphatic carbocycles. The molecule has 0 unspecified atom stereocenters. The molecule has 1 aliphatic heterocycles. The second kappa shape index (κ2) is 8.65. The van der Waals surface area contributed by atoms with Crippen LogP contribution >= 0.6 is 34.7 Å². The number of aryl methyl sites for hydroxylation is 1. The van der Waals surface area contributed by atoms with Crippen molar-refractivity contribution in [1.82, 2.24) is 8.87 Å². The van der Waals surface area contributed by atoms with Gasteiger partial charge in [0.05, 0.1) is 16.5 Å². The summed E-state index contributed by atoms with van der Waals surface area (Å²) in [5.41, 5.74) is 1.02. The maximum Gasteiger partial charge on any atom is 0.251 e. The highest BCUT2D eigenvalue weighted by Crippen LogP contribution is 2.23. The van der Waals surface area contributed by atoms with E-state index in [1.807, 2.05) is 24.5 Å². The topological polar surface area (TPSA) is 71.7 Å². The lowest BCUT2D eigenvalue weighted by atomic mass is 9.98. The van der Waals surface area contributed by atoms with Crippen LogP contribution in [-0.2, 0) is 21.4 Å². The number of aromatic nitrogens is 1. The van der Waals surface area contributed by atoms with Crippen LogP contribution in [0.1, 0.15) is 12.8 Å². The van der Waals surface area contributed by atoms with Gasteiger partial charge in [0.15, 0.2) is 4.80 Å². The molecule has 2 heterocycles. The fourth-order valence-electron chi connectivity index (χ4n) is 3.15. The number of hydrogen-bond acceptors (Lipinski definition) is 5. The quantitative estimate of drug-likeness (QED) is 0.706. The normalized spacial score (nSPS) is 17.7. The van der Waals surface area contributed by atoms with E-state index in [1.54, 1.807) is 11.8 Å². The molecular weight excluding hydrogens is 426 g/mol. The van der Waals surface area contributed by atoms with E-state index in [9.17, 15) is 13.2 Å². The van der Waals surface area contributed by atoms with E-state index in [4.69, 9.17) is 11.6 Å². The molecule has 1 aromatic carbocycles. The Morgan fingerprint density at radius 1 is 1.37 bits per heavy atom. The second-order valence-corrected chi connectivity index (χ2v) is 10.9. The molecule has 1 fully saturated rings. The predicted octanol–water partition coefficient (Wildman–Crippen LogP) is 2.82. The van der Waals surface area contributed by atoms with Crippen molar-refractivity contribution < 1.29 is 13.2 Å². The number of fused-ring (bicyclic) bond motifs is 1. The summed E-state index contributed by atoms with van der Waals surface area (Å²) in [4.78, 5) is 17.8. The summed E-state index contributed by atoms with van der Waals surface area (Å²) in [6.07, 6.45) is 4.27. The molecule has 0 atom stereocenters. The molecule has 1 aliphatic rings. The largest absolute Gasteiger partial charge is 0.316 e. The molecule has 0 N–H and O–H groups in total. The summed E-state index contributed by atoms with van der Waals surface area (Å²) in [6.45, 7) is 1.51. The maximum absolute atomic E-state index is 12.7. The number of carbonyl (C=O) groups excluding carboxylic acids is 1. The van der Waals surface area contributed by atoms with Crippen molar-refractivity contribution in [3.8, 4) is 0 Å². The third-order valence-corrected chi connectivity index (χ3v) is 7.81. The van der Waals surface area contributed by atoms with E-state index < -0.39 is 10.0 Å². The third-order valence-electron chi connectivity index (χ3n) is 4.64. The Morgan fingerprint density at radius 2 is 2.07 bits per heavy atom. The summed E-state index contributed by atoms with van der Waals surface area (Å²) in [5, 5.41) is 0.659. The number of rotatable bonds is 5. The Hall–Kier alpha value is -0.870.